The summed E-state index contributed by atoms with van der Waals surface area (Å²) in [7, 11) is 0. The second-order valence-electron chi connectivity index (χ2n) is 8.08. The number of pyridine rings is 1. The van der Waals surface area contributed by atoms with Gasteiger partial charge in [-0.2, -0.15) is 0 Å². The molecule has 2 aromatic heterocycles. The van der Waals surface area contributed by atoms with Gasteiger partial charge in [0.1, 0.15) is 5.60 Å². The maximum atomic E-state index is 11.3. The summed E-state index contributed by atoms with van der Waals surface area (Å²) in [5.41, 5.74) is 3.85. The largest absolute Gasteiger partial charge is 0.384 e. The van der Waals surface area contributed by atoms with Crippen molar-refractivity contribution < 1.29 is 5.11 Å². The van der Waals surface area contributed by atoms with E-state index in [1.165, 1.54) is 0 Å². The molecule has 6 nitrogen and oxygen atoms in total. The van der Waals surface area contributed by atoms with Crippen molar-refractivity contribution in [2.45, 2.75) is 25.5 Å². The summed E-state index contributed by atoms with van der Waals surface area (Å²) in [6, 6.07) is 9.78. The van der Waals surface area contributed by atoms with Crippen LogP contribution in [0.4, 0.5) is 0 Å². The SMILES string of the molecule is C1CNCCN1.CC(O)(Cn1ccnc1)C1=Cc2cccnc2Cc2ccc(Cl)cc21. The topological polar surface area (TPSA) is 75.0 Å². The van der Waals surface area contributed by atoms with Gasteiger partial charge in [0.15, 0.2) is 0 Å². The Morgan fingerprint density at radius 3 is 2.58 bits per heavy atom. The normalized spacial score (nSPS) is 17.2. The number of fused-ring (bicyclic) bond motifs is 2. The number of rotatable bonds is 3. The molecular weight excluding hydrogens is 410 g/mol. The molecule has 5 rings (SSSR count). The van der Waals surface area contributed by atoms with Crippen molar-refractivity contribution in [1.29, 1.82) is 0 Å². The van der Waals surface area contributed by atoms with Crippen LogP contribution in [-0.2, 0) is 13.0 Å². The number of halogens is 1. The van der Waals surface area contributed by atoms with Gasteiger partial charge in [-0.3, -0.25) is 4.98 Å². The van der Waals surface area contributed by atoms with Crippen molar-refractivity contribution in [3.63, 3.8) is 0 Å². The van der Waals surface area contributed by atoms with Gasteiger partial charge in [-0.1, -0.05) is 23.7 Å². The smallest absolute Gasteiger partial charge is 0.105 e. The number of hydrogen-bond acceptors (Lipinski definition) is 5. The third-order valence-electron chi connectivity index (χ3n) is 5.53. The number of piperazine rings is 1. The molecule has 1 aliphatic heterocycles. The maximum Gasteiger partial charge on any atom is 0.105 e. The van der Waals surface area contributed by atoms with Crippen molar-refractivity contribution in [3.05, 3.63) is 82.7 Å². The number of imidazole rings is 1. The maximum absolute atomic E-state index is 11.3. The first-order chi connectivity index (χ1) is 15.0. The van der Waals surface area contributed by atoms with Crippen LogP contribution in [0.15, 0.2) is 55.2 Å². The zero-order chi connectivity index (χ0) is 21.7. The van der Waals surface area contributed by atoms with Crippen LogP contribution in [0.2, 0.25) is 5.02 Å². The Labute approximate surface area is 188 Å². The van der Waals surface area contributed by atoms with E-state index in [1.807, 2.05) is 54.1 Å². The molecule has 2 aliphatic rings. The first kappa shape index (κ1) is 21.7. The van der Waals surface area contributed by atoms with Crippen LogP contribution in [0.1, 0.15) is 29.3 Å². The van der Waals surface area contributed by atoms with Crippen LogP contribution in [0.5, 0.6) is 0 Å². The number of nitrogens with one attached hydrogen (secondary N) is 2. The Hall–Kier alpha value is -2.51. The summed E-state index contributed by atoms with van der Waals surface area (Å²) < 4.78 is 1.88. The minimum atomic E-state index is -1.09. The predicted octanol–water partition coefficient (Wildman–Crippen LogP) is 3.01. The Balaban J connectivity index is 0.000000334. The first-order valence-corrected chi connectivity index (χ1v) is 11.0. The monoisotopic (exact) mass is 437 g/mol. The van der Waals surface area contributed by atoms with Crippen LogP contribution >= 0.6 is 11.6 Å². The lowest BCUT2D eigenvalue weighted by atomic mass is 9.86. The van der Waals surface area contributed by atoms with Gasteiger partial charge in [0.25, 0.3) is 0 Å². The predicted molar refractivity (Wildman–Crippen MR) is 125 cm³/mol. The van der Waals surface area contributed by atoms with E-state index in [0.717, 1.165) is 54.1 Å². The highest BCUT2D eigenvalue weighted by Crippen LogP contribution is 2.38. The molecule has 0 amide bonds. The van der Waals surface area contributed by atoms with Gasteiger partial charge in [0.05, 0.1) is 18.6 Å². The van der Waals surface area contributed by atoms with Gasteiger partial charge in [-0.25, -0.2) is 4.98 Å². The summed E-state index contributed by atoms with van der Waals surface area (Å²) in [5, 5.41) is 18.4. The number of hydrogen-bond donors (Lipinski definition) is 3. The van der Waals surface area contributed by atoms with Crippen LogP contribution in [-0.4, -0.2) is 51.4 Å². The number of aliphatic hydroxyl groups is 1. The third kappa shape index (κ3) is 5.40. The molecule has 1 atom stereocenters. The van der Waals surface area contributed by atoms with Gasteiger partial charge < -0.3 is 20.3 Å². The standard InChI is InChI=1S/C20H18ClN3O.C4H10N2/c1-20(25,12-24-8-7-22-13-24)18-9-15-3-2-6-23-19(15)10-14-4-5-16(21)11-17(14)18;1-2-6-4-3-5-1/h2-9,11,13,25H,10,12H2,1H3;5-6H,1-4H2. The first-order valence-electron chi connectivity index (χ1n) is 10.6. The summed E-state index contributed by atoms with van der Waals surface area (Å²) in [6.07, 6.45) is 9.81. The average Bonchev–Trinajstić information content (AvgIpc) is 3.21. The Morgan fingerprint density at radius 1 is 1.13 bits per heavy atom. The number of nitrogens with zero attached hydrogens (tertiary/aromatic N) is 3. The Morgan fingerprint density at radius 2 is 1.90 bits per heavy atom. The highest BCUT2D eigenvalue weighted by molar-refractivity contribution is 6.30. The Bertz CT molecular complexity index is 1030. The fraction of sp³-hybridized carbons (Fsp3) is 0.333. The summed E-state index contributed by atoms with van der Waals surface area (Å²) in [5.74, 6) is 0. The summed E-state index contributed by atoms with van der Waals surface area (Å²) in [6.45, 7) is 6.78. The van der Waals surface area contributed by atoms with E-state index in [4.69, 9.17) is 11.6 Å². The fourth-order valence-corrected chi connectivity index (χ4v) is 4.14. The molecule has 7 heteroatoms. The minimum Gasteiger partial charge on any atom is -0.384 e. The molecule has 3 heterocycles. The summed E-state index contributed by atoms with van der Waals surface area (Å²) in [4.78, 5) is 8.58. The molecule has 0 radical (unpaired) electrons. The van der Waals surface area contributed by atoms with E-state index in [2.05, 4.69) is 20.6 Å². The fourth-order valence-electron chi connectivity index (χ4n) is 3.97. The third-order valence-corrected chi connectivity index (χ3v) is 5.77. The quantitative estimate of drug-likeness (QED) is 0.587. The van der Waals surface area contributed by atoms with Gasteiger partial charge in [-0.15, -0.1) is 0 Å². The molecular formula is C24H28ClN5O. The molecule has 1 unspecified atom stereocenters. The van der Waals surface area contributed by atoms with Crippen LogP contribution in [0.25, 0.3) is 11.6 Å². The van der Waals surface area contributed by atoms with Crippen LogP contribution in [0, 0.1) is 0 Å². The minimum absolute atomic E-state index is 0.403. The molecule has 1 fully saturated rings. The zero-order valence-electron chi connectivity index (χ0n) is 17.7. The van der Waals surface area contributed by atoms with E-state index in [1.54, 1.807) is 18.7 Å². The Kier molecular flexibility index (Phi) is 6.83. The molecule has 3 aromatic rings. The van der Waals surface area contributed by atoms with E-state index >= 15 is 0 Å². The van der Waals surface area contributed by atoms with E-state index in [9.17, 15) is 5.11 Å². The van der Waals surface area contributed by atoms with Gasteiger partial charge in [0.2, 0.25) is 0 Å². The lowest BCUT2D eigenvalue weighted by Gasteiger charge is -2.28. The van der Waals surface area contributed by atoms with Gasteiger partial charge in [0, 0.05) is 56.2 Å². The lowest BCUT2D eigenvalue weighted by Crippen LogP contribution is -2.39. The highest BCUT2D eigenvalue weighted by Gasteiger charge is 2.31. The van der Waals surface area contributed by atoms with Gasteiger partial charge >= 0.3 is 0 Å². The van der Waals surface area contributed by atoms with Crippen molar-refractivity contribution >= 4 is 23.3 Å². The van der Waals surface area contributed by atoms with Crippen molar-refractivity contribution in [2.24, 2.45) is 0 Å². The number of benzene rings is 1. The molecule has 3 N–H and O–H groups in total. The van der Waals surface area contributed by atoms with Crippen molar-refractivity contribution in [1.82, 2.24) is 25.2 Å². The van der Waals surface area contributed by atoms with Gasteiger partial charge in [-0.05, 0) is 53.5 Å². The summed E-state index contributed by atoms with van der Waals surface area (Å²) >= 11 is 6.26. The number of aromatic nitrogens is 3. The molecule has 162 valence electrons. The lowest BCUT2D eigenvalue weighted by molar-refractivity contribution is 0.103. The van der Waals surface area contributed by atoms with Crippen molar-refractivity contribution in [2.75, 3.05) is 26.2 Å². The molecule has 31 heavy (non-hydrogen) atoms. The molecule has 1 aliphatic carbocycles. The van der Waals surface area contributed by atoms with Crippen LogP contribution in [0.3, 0.4) is 0 Å². The van der Waals surface area contributed by atoms with E-state index < -0.39 is 5.60 Å². The zero-order valence-corrected chi connectivity index (χ0v) is 18.4. The van der Waals surface area contributed by atoms with Crippen molar-refractivity contribution in [3.8, 4) is 0 Å². The molecule has 0 saturated carbocycles. The molecule has 1 saturated heterocycles. The van der Waals surface area contributed by atoms with E-state index in [0.29, 0.717) is 18.0 Å². The second-order valence-corrected chi connectivity index (χ2v) is 8.52. The average molecular weight is 438 g/mol. The van der Waals surface area contributed by atoms with E-state index in [-0.39, 0.29) is 0 Å². The molecule has 0 spiro atoms. The second kappa shape index (κ2) is 9.75. The molecule has 0 bridgehead atoms. The van der Waals surface area contributed by atoms with Crippen LogP contribution < -0.4 is 10.6 Å². The molecule has 1 aromatic carbocycles. The highest BCUT2D eigenvalue weighted by atomic mass is 35.5.